The van der Waals surface area contributed by atoms with Crippen molar-refractivity contribution in [2.45, 2.75) is 6.92 Å². The van der Waals surface area contributed by atoms with Crippen molar-refractivity contribution in [2.24, 2.45) is 0 Å². The van der Waals surface area contributed by atoms with Gasteiger partial charge in [-0.05, 0) is 30.7 Å². The van der Waals surface area contributed by atoms with Crippen LogP contribution in [0.4, 0.5) is 5.13 Å². The van der Waals surface area contributed by atoms with Crippen molar-refractivity contribution in [3.63, 3.8) is 0 Å². The Labute approximate surface area is 172 Å². The van der Waals surface area contributed by atoms with Gasteiger partial charge in [-0.25, -0.2) is 4.98 Å². The first-order valence-electron chi connectivity index (χ1n) is 8.80. The van der Waals surface area contributed by atoms with Gasteiger partial charge in [0.2, 0.25) is 0 Å². The third-order valence-corrected chi connectivity index (χ3v) is 5.55. The molecule has 0 fully saturated rings. The van der Waals surface area contributed by atoms with Crippen molar-refractivity contribution in [3.05, 3.63) is 95.0 Å². The van der Waals surface area contributed by atoms with Gasteiger partial charge in [-0.2, -0.15) is 0 Å². The maximum absolute atomic E-state index is 12.6. The number of hydrogen-bond acceptors (Lipinski definition) is 3. The van der Waals surface area contributed by atoms with E-state index in [1.54, 1.807) is 24.3 Å². The molecular weight excluding hydrogens is 388 g/mol. The van der Waals surface area contributed by atoms with Crippen molar-refractivity contribution in [1.29, 1.82) is 0 Å². The number of anilines is 1. The highest BCUT2D eigenvalue weighted by molar-refractivity contribution is 7.19. The highest BCUT2D eigenvalue weighted by atomic mass is 35.5. The average molecular weight is 405 g/mol. The monoisotopic (exact) mass is 404 g/mol. The summed E-state index contributed by atoms with van der Waals surface area (Å²) in [6.07, 6.45) is 0. The number of carbonyl (C=O) groups excluding carboxylic acids is 1. The molecule has 5 heteroatoms. The standard InChI is InChI=1S/C23H17ClN2OS/c1-15-10-12-17(13-11-15)21-20(16-6-3-2-4-7-16)25-23(28-21)26-22(27)18-8-5-9-19(24)14-18/h2-14H,1H3,(H,25,26,27). The van der Waals surface area contributed by atoms with Crippen LogP contribution in [0.15, 0.2) is 78.9 Å². The van der Waals surface area contributed by atoms with E-state index in [9.17, 15) is 4.79 Å². The van der Waals surface area contributed by atoms with Gasteiger partial charge < -0.3 is 0 Å². The summed E-state index contributed by atoms with van der Waals surface area (Å²) in [7, 11) is 0. The van der Waals surface area contributed by atoms with E-state index in [0.717, 1.165) is 21.7 Å². The second-order valence-corrected chi connectivity index (χ2v) is 7.83. The lowest BCUT2D eigenvalue weighted by Crippen LogP contribution is -2.11. The van der Waals surface area contributed by atoms with Crippen LogP contribution in [-0.4, -0.2) is 10.9 Å². The molecule has 0 saturated carbocycles. The Morgan fingerprint density at radius 2 is 1.68 bits per heavy atom. The van der Waals surface area contributed by atoms with Gasteiger partial charge in [0, 0.05) is 16.1 Å². The molecule has 138 valence electrons. The first-order valence-corrected chi connectivity index (χ1v) is 10.00. The molecule has 0 spiro atoms. The first kappa shape index (κ1) is 18.4. The summed E-state index contributed by atoms with van der Waals surface area (Å²) in [5.41, 5.74) is 4.64. The number of aryl methyl sites for hydroxylation is 1. The van der Waals surface area contributed by atoms with E-state index in [2.05, 4.69) is 36.5 Å². The van der Waals surface area contributed by atoms with Gasteiger partial charge in [0.05, 0.1) is 10.6 Å². The molecule has 3 aromatic carbocycles. The van der Waals surface area contributed by atoms with Crippen LogP contribution in [0, 0.1) is 6.92 Å². The summed E-state index contributed by atoms with van der Waals surface area (Å²) >= 11 is 7.47. The Morgan fingerprint density at radius 3 is 2.39 bits per heavy atom. The van der Waals surface area contributed by atoms with E-state index >= 15 is 0 Å². The van der Waals surface area contributed by atoms with Gasteiger partial charge in [-0.1, -0.05) is 89.2 Å². The second kappa shape index (κ2) is 7.97. The Balaban J connectivity index is 1.73. The zero-order chi connectivity index (χ0) is 19.5. The fraction of sp³-hybridized carbons (Fsp3) is 0.0435. The molecule has 4 aromatic rings. The fourth-order valence-electron chi connectivity index (χ4n) is 2.86. The number of halogens is 1. The minimum Gasteiger partial charge on any atom is -0.298 e. The molecule has 1 N–H and O–H groups in total. The van der Waals surface area contributed by atoms with Crippen LogP contribution in [-0.2, 0) is 0 Å². The fourth-order valence-corrected chi connectivity index (χ4v) is 4.04. The normalized spacial score (nSPS) is 10.6. The number of benzene rings is 3. The van der Waals surface area contributed by atoms with Crippen LogP contribution < -0.4 is 5.32 Å². The lowest BCUT2D eigenvalue weighted by Gasteiger charge is -2.03. The summed E-state index contributed by atoms with van der Waals surface area (Å²) < 4.78 is 0. The van der Waals surface area contributed by atoms with Crippen molar-refractivity contribution in [1.82, 2.24) is 4.98 Å². The van der Waals surface area contributed by atoms with E-state index in [1.165, 1.54) is 16.9 Å². The third-order valence-electron chi connectivity index (χ3n) is 4.30. The molecule has 0 aliphatic carbocycles. The molecular formula is C23H17ClN2OS. The topological polar surface area (TPSA) is 42.0 Å². The van der Waals surface area contributed by atoms with Gasteiger partial charge >= 0.3 is 0 Å². The molecule has 0 aliphatic heterocycles. The Hall–Kier alpha value is -2.95. The van der Waals surface area contributed by atoms with E-state index < -0.39 is 0 Å². The molecule has 0 bridgehead atoms. The van der Waals surface area contributed by atoms with Crippen LogP contribution in [0.25, 0.3) is 21.7 Å². The molecule has 1 aromatic heterocycles. The van der Waals surface area contributed by atoms with Gasteiger partial charge in [0.1, 0.15) is 0 Å². The molecule has 0 aliphatic rings. The molecule has 3 nitrogen and oxygen atoms in total. The maximum atomic E-state index is 12.6. The molecule has 1 heterocycles. The second-order valence-electron chi connectivity index (χ2n) is 6.39. The van der Waals surface area contributed by atoms with Gasteiger partial charge in [0.25, 0.3) is 5.91 Å². The van der Waals surface area contributed by atoms with Crippen molar-refractivity contribution < 1.29 is 4.79 Å². The number of thiazole rings is 1. The number of aromatic nitrogens is 1. The molecule has 4 rings (SSSR count). The summed E-state index contributed by atoms with van der Waals surface area (Å²) in [6, 6.07) is 25.2. The number of rotatable bonds is 4. The summed E-state index contributed by atoms with van der Waals surface area (Å²) in [5, 5.41) is 3.99. The van der Waals surface area contributed by atoms with Crippen LogP contribution in [0.3, 0.4) is 0 Å². The molecule has 28 heavy (non-hydrogen) atoms. The number of amides is 1. The smallest absolute Gasteiger partial charge is 0.257 e. The SMILES string of the molecule is Cc1ccc(-c2sc(NC(=O)c3cccc(Cl)c3)nc2-c2ccccc2)cc1. The minimum atomic E-state index is -0.230. The lowest BCUT2D eigenvalue weighted by molar-refractivity contribution is 0.102. The number of nitrogens with zero attached hydrogens (tertiary/aromatic N) is 1. The number of carbonyl (C=O) groups is 1. The average Bonchev–Trinajstić information content (AvgIpc) is 3.13. The zero-order valence-corrected chi connectivity index (χ0v) is 16.7. The summed E-state index contributed by atoms with van der Waals surface area (Å²) in [4.78, 5) is 18.3. The van der Waals surface area contributed by atoms with Crippen molar-refractivity contribution in [3.8, 4) is 21.7 Å². The Kier molecular flexibility index (Phi) is 5.24. The lowest BCUT2D eigenvalue weighted by atomic mass is 10.1. The molecule has 0 unspecified atom stereocenters. The van der Waals surface area contributed by atoms with E-state index in [1.807, 2.05) is 30.3 Å². The predicted octanol–water partition coefficient (Wildman–Crippen LogP) is 6.69. The van der Waals surface area contributed by atoms with Crippen molar-refractivity contribution >= 4 is 34.0 Å². The minimum absolute atomic E-state index is 0.230. The quantitative estimate of drug-likeness (QED) is 0.411. The number of nitrogens with one attached hydrogen (secondary N) is 1. The van der Waals surface area contributed by atoms with E-state index in [-0.39, 0.29) is 5.91 Å². The Morgan fingerprint density at radius 1 is 0.929 bits per heavy atom. The van der Waals surface area contributed by atoms with Crippen LogP contribution in [0.1, 0.15) is 15.9 Å². The van der Waals surface area contributed by atoms with Crippen LogP contribution in [0.5, 0.6) is 0 Å². The maximum Gasteiger partial charge on any atom is 0.257 e. The zero-order valence-electron chi connectivity index (χ0n) is 15.1. The Bertz CT molecular complexity index is 1120. The number of hydrogen-bond donors (Lipinski definition) is 1. The summed E-state index contributed by atoms with van der Waals surface area (Å²) in [5.74, 6) is -0.230. The predicted molar refractivity (Wildman–Crippen MR) is 117 cm³/mol. The van der Waals surface area contributed by atoms with Gasteiger partial charge in [-0.15, -0.1) is 0 Å². The molecule has 0 saturated heterocycles. The van der Waals surface area contributed by atoms with Crippen molar-refractivity contribution in [2.75, 3.05) is 5.32 Å². The molecule has 0 radical (unpaired) electrons. The largest absolute Gasteiger partial charge is 0.298 e. The third kappa shape index (κ3) is 3.98. The highest BCUT2D eigenvalue weighted by Gasteiger charge is 2.17. The van der Waals surface area contributed by atoms with E-state index in [4.69, 9.17) is 16.6 Å². The van der Waals surface area contributed by atoms with E-state index in [0.29, 0.717) is 15.7 Å². The van der Waals surface area contributed by atoms with Gasteiger partial charge in [0.15, 0.2) is 5.13 Å². The summed E-state index contributed by atoms with van der Waals surface area (Å²) in [6.45, 7) is 2.06. The molecule has 0 atom stereocenters. The first-order chi connectivity index (χ1) is 13.6. The van der Waals surface area contributed by atoms with Crippen LogP contribution in [0.2, 0.25) is 5.02 Å². The molecule has 1 amide bonds. The highest BCUT2D eigenvalue weighted by Crippen LogP contribution is 2.39. The van der Waals surface area contributed by atoms with Gasteiger partial charge in [-0.3, -0.25) is 10.1 Å². The van der Waals surface area contributed by atoms with Crippen LogP contribution >= 0.6 is 22.9 Å².